The number of fused-ring (bicyclic) bond motifs is 1. The predicted molar refractivity (Wildman–Crippen MR) is 162 cm³/mol. The molecule has 1 aromatic heterocycles. The predicted octanol–water partition coefficient (Wildman–Crippen LogP) is 4.67. The van der Waals surface area contributed by atoms with Crippen molar-refractivity contribution in [3.05, 3.63) is 76.3 Å². The normalized spacial score (nSPS) is 21.4. The summed E-state index contributed by atoms with van der Waals surface area (Å²) in [6.07, 6.45) is 2.29. The maximum absolute atomic E-state index is 11.7. The van der Waals surface area contributed by atoms with Crippen molar-refractivity contribution in [3.63, 3.8) is 0 Å². The van der Waals surface area contributed by atoms with Crippen LogP contribution >= 0.6 is 0 Å². The number of aliphatic carboxylic acids is 1. The van der Waals surface area contributed by atoms with Crippen LogP contribution in [0.2, 0.25) is 0 Å². The largest absolute Gasteiger partial charge is 0.488 e. The molecule has 42 heavy (non-hydrogen) atoms. The van der Waals surface area contributed by atoms with Gasteiger partial charge in [0.25, 0.3) is 0 Å². The Morgan fingerprint density at radius 3 is 2.62 bits per heavy atom. The van der Waals surface area contributed by atoms with Crippen molar-refractivity contribution >= 4 is 11.8 Å². The van der Waals surface area contributed by atoms with Crippen LogP contribution in [0.25, 0.3) is 11.3 Å². The van der Waals surface area contributed by atoms with E-state index in [0.29, 0.717) is 32.2 Å². The Bertz CT molecular complexity index is 1440. The molecule has 0 radical (unpaired) electrons. The number of rotatable bonds is 8. The number of nitrogens with zero attached hydrogens (tertiary/aromatic N) is 3. The summed E-state index contributed by atoms with van der Waals surface area (Å²) in [5.41, 5.74) is 8.31. The number of methoxy groups -OCH3 is 1. The number of carbonyl (C=O) groups is 1. The minimum Gasteiger partial charge on any atom is -0.488 e. The zero-order chi connectivity index (χ0) is 29.2. The number of benzene rings is 2. The first-order chi connectivity index (χ1) is 20.4. The van der Waals surface area contributed by atoms with Gasteiger partial charge in [-0.25, -0.2) is 4.98 Å². The van der Waals surface area contributed by atoms with Gasteiger partial charge in [0.15, 0.2) is 0 Å². The van der Waals surface area contributed by atoms with E-state index < -0.39 is 11.9 Å². The molecule has 0 spiro atoms. The van der Waals surface area contributed by atoms with E-state index in [4.69, 9.17) is 19.2 Å². The van der Waals surface area contributed by atoms with Gasteiger partial charge < -0.3 is 24.2 Å². The summed E-state index contributed by atoms with van der Waals surface area (Å²) >= 11 is 0. The molecule has 2 aromatic carbocycles. The van der Waals surface area contributed by atoms with E-state index in [0.717, 1.165) is 67.5 Å². The SMILES string of the molecule is CO[C@@H]1CN(c2cccc(-c3cccc(C)c3OCc3cc(C)c4c(c3)CCN(C3COC3)CC4)n2)CC[C@@H]1C(=O)O. The number of hydrogen-bond donors (Lipinski definition) is 1. The van der Waals surface area contributed by atoms with Gasteiger partial charge >= 0.3 is 5.97 Å². The van der Waals surface area contributed by atoms with Gasteiger partial charge in [0.1, 0.15) is 18.2 Å². The molecule has 0 unspecified atom stereocenters. The van der Waals surface area contributed by atoms with Crippen molar-refractivity contribution in [2.24, 2.45) is 5.92 Å². The van der Waals surface area contributed by atoms with Crippen LogP contribution in [0.4, 0.5) is 5.82 Å². The van der Waals surface area contributed by atoms with Gasteiger partial charge in [-0.3, -0.25) is 9.69 Å². The summed E-state index contributed by atoms with van der Waals surface area (Å²) in [4.78, 5) is 21.4. The summed E-state index contributed by atoms with van der Waals surface area (Å²) in [5, 5.41) is 9.57. The fraction of sp³-hybridized carbons (Fsp3) is 0.471. The first-order valence-corrected chi connectivity index (χ1v) is 15.0. The van der Waals surface area contributed by atoms with E-state index in [9.17, 15) is 9.90 Å². The van der Waals surface area contributed by atoms with Crippen LogP contribution in [0.15, 0.2) is 48.5 Å². The number of ether oxygens (including phenoxy) is 3. The van der Waals surface area contributed by atoms with Gasteiger partial charge in [-0.15, -0.1) is 0 Å². The summed E-state index contributed by atoms with van der Waals surface area (Å²) in [6, 6.07) is 17.4. The van der Waals surface area contributed by atoms with Gasteiger partial charge in [-0.2, -0.15) is 0 Å². The van der Waals surface area contributed by atoms with Crippen LogP contribution in [0, 0.1) is 19.8 Å². The summed E-state index contributed by atoms with van der Waals surface area (Å²) in [6.45, 7) is 9.80. The van der Waals surface area contributed by atoms with Crippen LogP contribution in [0.3, 0.4) is 0 Å². The molecule has 2 atom stereocenters. The fourth-order valence-corrected chi connectivity index (χ4v) is 6.66. The molecule has 0 amide bonds. The molecule has 8 nitrogen and oxygen atoms in total. The monoisotopic (exact) mass is 571 g/mol. The molecule has 3 aromatic rings. The lowest BCUT2D eigenvalue weighted by atomic mass is 9.94. The smallest absolute Gasteiger partial charge is 0.309 e. The zero-order valence-corrected chi connectivity index (χ0v) is 24.8. The molecule has 4 heterocycles. The Labute approximate surface area is 248 Å². The van der Waals surface area contributed by atoms with Crippen LogP contribution in [-0.2, 0) is 33.7 Å². The number of pyridine rings is 1. The second kappa shape index (κ2) is 12.4. The lowest BCUT2D eigenvalue weighted by Gasteiger charge is -2.36. The van der Waals surface area contributed by atoms with Crippen LogP contribution in [-0.4, -0.2) is 79.6 Å². The number of anilines is 1. The molecular weight excluding hydrogens is 530 g/mol. The Hall–Kier alpha value is -3.46. The van der Waals surface area contributed by atoms with E-state index in [1.165, 1.54) is 22.3 Å². The van der Waals surface area contributed by atoms with E-state index >= 15 is 0 Å². The summed E-state index contributed by atoms with van der Waals surface area (Å²) in [7, 11) is 1.58. The highest BCUT2D eigenvalue weighted by Crippen LogP contribution is 2.35. The van der Waals surface area contributed by atoms with Crippen LogP contribution in [0.5, 0.6) is 5.75 Å². The second-order valence-electron chi connectivity index (χ2n) is 11.9. The molecule has 0 saturated carbocycles. The average molecular weight is 572 g/mol. The van der Waals surface area contributed by atoms with Crippen molar-refractivity contribution in [2.75, 3.05) is 51.4 Å². The fourth-order valence-electron chi connectivity index (χ4n) is 6.66. The average Bonchev–Trinajstić information content (AvgIpc) is 3.18. The standard InChI is InChI=1S/C34H41N3O5/c1-22-6-4-7-28(30-8-5-9-32(35-30)37-15-12-29(34(38)39)31(18-37)40-3)33(22)42-19-24-16-23(2)27-11-14-36(26-20-41-21-26)13-10-25(27)17-24/h4-9,16-17,26,29,31H,10-15,18-21H2,1-3H3,(H,38,39)/t29-,31+/m0/s1. The lowest BCUT2D eigenvalue weighted by molar-refractivity contribution is -0.147. The third-order valence-electron chi connectivity index (χ3n) is 9.19. The number of aryl methyl sites for hydroxylation is 2. The Morgan fingerprint density at radius 2 is 1.86 bits per heavy atom. The number of piperidine rings is 1. The number of para-hydroxylation sites is 1. The highest BCUT2D eigenvalue weighted by molar-refractivity contribution is 5.72. The molecule has 2 fully saturated rings. The highest BCUT2D eigenvalue weighted by Gasteiger charge is 2.35. The third-order valence-corrected chi connectivity index (χ3v) is 9.19. The Balaban J connectivity index is 1.20. The molecule has 8 heteroatoms. The van der Waals surface area contributed by atoms with Crippen LogP contribution < -0.4 is 9.64 Å². The topological polar surface area (TPSA) is 84.4 Å². The van der Waals surface area contributed by atoms with E-state index in [1.807, 2.05) is 24.3 Å². The van der Waals surface area contributed by atoms with Gasteiger partial charge in [-0.1, -0.05) is 30.3 Å². The van der Waals surface area contributed by atoms with E-state index in [2.05, 4.69) is 47.9 Å². The first kappa shape index (κ1) is 28.6. The third kappa shape index (κ3) is 5.89. The molecule has 3 aliphatic heterocycles. The molecule has 222 valence electrons. The van der Waals surface area contributed by atoms with Crippen molar-refractivity contribution < 1.29 is 24.1 Å². The molecule has 2 saturated heterocycles. The van der Waals surface area contributed by atoms with Crippen molar-refractivity contribution in [2.45, 2.75) is 51.9 Å². The van der Waals surface area contributed by atoms with E-state index in [-0.39, 0.29) is 6.10 Å². The minimum absolute atomic E-state index is 0.376. The Kier molecular flexibility index (Phi) is 8.47. The molecule has 6 rings (SSSR count). The van der Waals surface area contributed by atoms with Gasteiger partial charge in [-0.05, 0) is 79.1 Å². The number of carboxylic acid groups (broad SMARTS) is 1. The van der Waals surface area contributed by atoms with E-state index in [1.54, 1.807) is 7.11 Å². The second-order valence-corrected chi connectivity index (χ2v) is 11.9. The molecule has 0 aliphatic carbocycles. The van der Waals surface area contributed by atoms with Crippen LogP contribution in [0.1, 0.15) is 34.2 Å². The summed E-state index contributed by atoms with van der Waals surface area (Å²) in [5.74, 6) is 0.347. The number of carboxylic acids is 1. The van der Waals surface area contributed by atoms with Gasteiger partial charge in [0.2, 0.25) is 0 Å². The molecular formula is C34H41N3O5. The molecule has 0 bridgehead atoms. The quantitative estimate of drug-likeness (QED) is 0.418. The van der Waals surface area contributed by atoms with Crippen molar-refractivity contribution in [1.82, 2.24) is 9.88 Å². The van der Waals surface area contributed by atoms with Gasteiger partial charge in [0, 0.05) is 38.9 Å². The number of aromatic nitrogens is 1. The number of hydrogen-bond acceptors (Lipinski definition) is 7. The minimum atomic E-state index is -0.805. The maximum Gasteiger partial charge on any atom is 0.309 e. The van der Waals surface area contributed by atoms with Crippen molar-refractivity contribution in [3.8, 4) is 17.0 Å². The lowest BCUT2D eigenvalue weighted by Crippen LogP contribution is -2.49. The first-order valence-electron chi connectivity index (χ1n) is 15.0. The zero-order valence-electron chi connectivity index (χ0n) is 24.8. The molecule has 3 aliphatic rings. The maximum atomic E-state index is 11.7. The highest BCUT2D eigenvalue weighted by atomic mass is 16.5. The summed E-state index contributed by atoms with van der Waals surface area (Å²) < 4.78 is 17.5. The molecule has 1 N–H and O–H groups in total. The Morgan fingerprint density at radius 1 is 1.05 bits per heavy atom. The van der Waals surface area contributed by atoms with Crippen molar-refractivity contribution in [1.29, 1.82) is 0 Å². The van der Waals surface area contributed by atoms with Gasteiger partial charge in [0.05, 0.1) is 37.0 Å².